The zero-order valence-electron chi connectivity index (χ0n) is 3.70. The number of hydrogen-bond acceptors (Lipinski definition) is 4. The number of hydrogen-bond donors (Lipinski definition) is 1. The molecule has 40 valence electrons. The number of nitrogens with two attached hydrogens (primary N) is 1. The maximum absolute atomic E-state index is 5.25. The second kappa shape index (κ2) is 2.20. The Morgan fingerprint density at radius 3 is 3.00 bits per heavy atom. The molecule has 0 aromatic heterocycles. The normalized spacial score (nSPS) is 21.9. The summed E-state index contributed by atoms with van der Waals surface area (Å²) < 4.78 is 6.22. The average Bonchev–Trinajstić information content (AvgIpc) is 1.69. The van der Waals surface area contributed by atoms with E-state index < -0.39 is 0 Å². The Morgan fingerprint density at radius 1 is 1.86 bits per heavy atom. The molecule has 1 aliphatic heterocycles. The molecule has 0 amide bonds. The van der Waals surface area contributed by atoms with Crippen LogP contribution >= 0.6 is 12.2 Å². The molecule has 0 radical (unpaired) electrons. The fourth-order valence-electron chi connectivity index (χ4n) is 0.297. The molecule has 1 heterocycles. The van der Waals surface area contributed by atoms with Crippen LogP contribution in [-0.4, -0.2) is 11.0 Å². The standard InChI is InChI=1S/C3H6N2OS/c4-5-2-1-3-6-7-5/h1,3H,2,4H2. The molecule has 0 atom stereocenters. The average molecular weight is 118 g/mol. The van der Waals surface area contributed by atoms with E-state index in [9.17, 15) is 0 Å². The van der Waals surface area contributed by atoms with Crippen LogP contribution in [0.1, 0.15) is 0 Å². The number of hydrazine groups is 1. The Hall–Kier alpha value is -0.190. The summed E-state index contributed by atoms with van der Waals surface area (Å²) in [6.45, 7) is 0.755. The van der Waals surface area contributed by atoms with Crippen LogP contribution in [0.5, 0.6) is 0 Å². The van der Waals surface area contributed by atoms with Gasteiger partial charge in [0.1, 0.15) is 6.26 Å². The Bertz CT molecular complexity index is 85.0. The largest absolute Gasteiger partial charge is 0.417 e. The van der Waals surface area contributed by atoms with E-state index >= 15 is 0 Å². The number of rotatable bonds is 0. The van der Waals surface area contributed by atoms with E-state index in [4.69, 9.17) is 10.0 Å². The smallest absolute Gasteiger partial charge is 0.161 e. The van der Waals surface area contributed by atoms with Crippen molar-refractivity contribution in [2.75, 3.05) is 6.54 Å². The summed E-state index contributed by atoms with van der Waals surface area (Å²) in [7, 11) is 0. The molecule has 4 heteroatoms. The van der Waals surface area contributed by atoms with Crippen LogP contribution in [0, 0.1) is 0 Å². The third-order valence-electron chi connectivity index (χ3n) is 0.576. The van der Waals surface area contributed by atoms with Crippen molar-refractivity contribution in [2.24, 2.45) is 5.84 Å². The van der Waals surface area contributed by atoms with Gasteiger partial charge in [0.25, 0.3) is 0 Å². The summed E-state index contributed by atoms with van der Waals surface area (Å²) >= 11 is 1.14. The van der Waals surface area contributed by atoms with Gasteiger partial charge >= 0.3 is 0 Å². The van der Waals surface area contributed by atoms with Crippen LogP contribution in [0.4, 0.5) is 0 Å². The lowest BCUT2D eigenvalue weighted by atomic mass is 10.6. The van der Waals surface area contributed by atoms with Gasteiger partial charge in [0.2, 0.25) is 0 Å². The second-order valence-electron chi connectivity index (χ2n) is 1.14. The minimum atomic E-state index is 0.755. The van der Waals surface area contributed by atoms with E-state index in [-0.39, 0.29) is 0 Å². The summed E-state index contributed by atoms with van der Waals surface area (Å²) in [5.74, 6) is 5.25. The molecule has 2 N–H and O–H groups in total. The first-order chi connectivity index (χ1) is 3.39. The molecule has 0 fully saturated rings. The summed E-state index contributed by atoms with van der Waals surface area (Å²) in [6.07, 6.45) is 3.46. The van der Waals surface area contributed by atoms with Crippen molar-refractivity contribution in [3.63, 3.8) is 0 Å². The van der Waals surface area contributed by atoms with Crippen molar-refractivity contribution in [2.45, 2.75) is 0 Å². The Labute approximate surface area is 46.4 Å². The van der Waals surface area contributed by atoms with Crippen molar-refractivity contribution in [1.29, 1.82) is 0 Å². The first-order valence-corrected chi connectivity index (χ1v) is 2.60. The first-order valence-electron chi connectivity index (χ1n) is 1.90. The molecular weight excluding hydrogens is 112 g/mol. The van der Waals surface area contributed by atoms with Gasteiger partial charge in [-0.25, -0.2) is 0 Å². The molecule has 3 nitrogen and oxygen atoms in total. The Morgan fingerprint density at radius 2 is 2.71 bits per heavy atom. The van der Waals surface area contributed by atoms with E-state index in [1.807, 2.05) is 6.08 Å². The zero-order valence-corrected chi connectivity index (χ0v) is 4.52. The Kier molecular flexibility index (Phi) is 1.56. The molecule has 7 heavy (non-hydrogen) atoms. The summed E-state index contributed by atoms with van der Waals surface area (Å²) in [5, 5.41) is 0. The van der Waals surface area contributed by atoms with Crippen LogP contribution in [0.15, 0.2) is 12.3 Å². The van der Waals surface area contributed by atoms with E-state index in [0.717, 1.165) is 18.8 Å². The van der Waals surface area contributed by atoms with Gasteiger partial charge in [-0.15, -0.1) is 0 Å². The number of nitrogens with zero attached hydrogens (tertiary/aromatic N) is 1. The maximum Gasteiger partial charge on any atom is 0.161 e. The van der Waals surface area contributed by atoms with Gasteiger partial charge in [-0.2, -0.15) is 4.41 Å². The lowest BCUT2D eigenvalue weighted by Crippen LogP contribution is -2.24. The van der Waals surface area contributed by atoms with Gasteiger partial charge < -0.3 is 4.18 Å². The van der Waals surface area contributed by atoms with Crippen molar-refractivity contribution >= 4 is 12.2 Å². The SMILES string of the molecule is NN1CC=COS1. The maximum atomic E-state index is 5.25. The highest BCUT2D eigenvalue weighted by Crippen LogP contribution is 2.09. The van der Waals surface area contributed by atoms with Gasteiger partial charge in [0.05, 0.1) is 0 Å². The van der Waals surface area contributed by atoms with Gasteiger partial charge in [0, 0.05) is 6.54 Å². The van der Waals surface area contributed by atoms with Crippen LogP contribution in [0.2, 0.25) is 0 Å². The molecule has 0 aliphatic carbocycles. The zero-order chi connectivity index (χ0) is 5.11. The lowest BCUT2D eigenvalue weighted by Gasteiger charge is -2.12. The molecule has 0 bridgehead atoms. The summed E-state index contributed by atoms with van der Waals surface area (Å²) in [6, 6.07) is 0. The highest BCUT2D eigenvalue weighted by Gasteiger charge is 1.99. The molecule has 1 aliphatic rings. The molecule has 0 spiro atoms. The topological polar surface area (TPSA) is 38.5 Å². The van der Waals surface area contributed by atoms with E-state index in [1.165, 1.54) is 4.41 Å². The molecule has 1 rings (SSSR count). The third kappa shape index (κ3) is 1.38. The van der Waals surface area contributed by atoms with Crippen LogP contribution in [-0.2, 0) is 4.18 Å². The molecule has 0 aromatic carbocycles. The first kappa shape index (κ1) is 4.96. The fourth-order valence-corrected chi connectivity index (χ4v) is 0.682. The fraction of sp³-hybridized carbons (Fsp3) is 0.333. The summed E-state index contributed by atoms with van der Waals surface area (Å²) in [4.78, 5) is 0. The van der Waals surface area contributed by atoms with Gasteiger partial charge in [-0.1, -0.05) is 0 Å². The predicted molar refractivity (Wildman–Crippen MR) is 28.7 cm³/mol. The molecule has 0 unspecified atom stereocenters. The summed E-state index contributed by atoms with van der Waals surface area (Å²) in [5.41, 5.74) is 0. The quantitative estimate of drug-likeness (QED) is 0.281. The lowest BCUT2D eigenvalue weighted by molar-refractivity contribution is 0.440. The van der Waals surface area contributed by atoms with Crippen molar-refractivity contribution in [1.82, 2.24) is 4.41 Å². The van der Waals surface area contributed by atoms with E-state index in [0.29, 0.717) is 0 Å². The highest BCUT2D eigenvalue weighted by atomic mass is 32.2. The van der Waals surface area contributed by atoms with Crippen LogP contribution < -0.4 is 5.84 Å². The van der Waals surface area contributed by atoms with Gasteiger partial charge in [0.15, 0.2) is 12.2 Å². The molecule has 0 aromatic rings. The monoisotopic (exact) mass is 118 g/mol. The predicted octanol–water partition coefficient (Wildman–Crippen LogP) is 0.269. The van der Waals surface area contributed by atoms with Gasteiger partial charge in [-0.05, 0) is 6.08 Å². The van der Waals surface area contributed by atoms with Gasteiger partial charge in [-0.3, -0.25) is 5.84 Å². The van der Waals surface area contributed by atoms with Crippen LogP contribution in [0.3, 0.4) is 0 Å². The van der Waals surface area contributed by atoms with Crippen molar-refractivity contribution in [3.05, 3.63) is 12.3 Å². The molecule has 0 saturated carbocycles. The van der Waals surface area contributed by atoms with Crippen molar-refractivity contribution < 1.29 is 4.18 Å². The second-order valence-corrected chi connectivity index (χ2v) is 1.95. The highest BCUT2D eigenvalue weighted by molar-refractivity contribution is 7.92. The Balaban J connectivity index is 2.32. The van der Waals surface area contributed by atoms with E-state index in [2.05, 4.69) is 0 Å². The van der Waals surface area contributed by atoms with Crippen molar-refractivity contribution in [3.8, 4) is 0 Å². The molecular formula is C3H6N2OS. The molecule has 0 saturated heterocycles. The minimum absolute atomic E-state index is 0.755. The third-order valence-corrected chi connectivity index (χ3v) is 1.11. The van der Waals surface area contributed by atoms with E-state index in [1.54, 1.807) is 6.26 Å². The van der Waals surface area contributed by atoms with Crippen LogP contribution in [0.25, 0.3) is 0 Å². The minimum Gasteiger partial charge on any atom is -0.417 e.